The minimum absolute atomic E-state index is 0.0624. The smallest absolute Gasteiger partial charge is 0.341 e. The molecule has 4 rings (SSSR count). The highest BCUT2D eigenvalue weighted by atomic mass is 19.4. The molecule has 1 aliphatic heterocycles. The SMILES string of the molecule is CNCc1[nH]nnc1[N+]1(C)CCO[C@H](O[C@H](C)c2cc(C(F)(F)F)cc(C(F)(F)F)c2)[C@@H]1c1ccc(F)cc1. The van der Waals surface area contributed by atoms with Gasteiger partial charge >= 0.3 is 12.4 Å². The highest BCUT2D eigenvalue weighted by molar-refractivity contribution is 5.42. The van der Waals surface area contributed by atoms with E-state index in [1.807, 2.05) is 7.05 Å². The highest BCUT2D eigenvalue weighted by Crippen LogP contribution is 2.43. The minimum Gasteiger partial charge on any atom is -0.341 e. The zero-order chi connectivity index (χ0) is 28.6. The van der Waals surface area contributed by atoms with Crippen molar-refractivity contribution in [3.05, 3.63) is 76.2 Å². The third kappa shape index (κ3) is 6.08. The van der Waals surface area contributed by atoms with Crippen LogP contribution in [0.5, 0.6) is 0 Å². The van der Waals surface area contributed by atoms with Gasteiger partial charge < -0.3 is 14.8 Å². The predicted molar refractivity (Wildman–Crippen MR) is 127 cm³/mol. The first-order valence-electron chi connectivity index (χ1n) is 12.0. The maximum atomic E-state index is 13.8. The Hall–Kier alpha value is -3.07. The molecule has 7 nitrogen and oxygen atoms in total. The molecule has 4 atom stereocenters. The summed E-state index contributed by atoms with van der Waals surface area (Å²) in [5.41, 5.74) is -1.98. The van der Waals surface area contributed by atoms with Gasteiger partial charge in [0.15, 0.2) is 6.04 Å². The fourth-order valence-corrected chi connectivity index (χ4v) is 4.80. The number of hydrogen-bond donors (Lipinski definition) is 2. The first kappa shape index (κ1) is 28.9. The molecule has 0 saturated carbocycles. The van der Waals surface area contributed by atoms with Crippen molar-refractivity contribution >= 4 is 5.82 Å². The molecule has 2 heterocycles. The minimum atomic E-state index is -5.00. The molecule has 2 N–H and O–H groups in total. The Morgan fingerprint density at radius 2 is 1.69 bits per heavy atom. The van der Waals surface area contributed by atoms with Gasteiger partial charge in [-0.3, -0.25) is 9.58 Å². The number of hydrogen-bond acceptors (Lipinski definition) is 5. The van der Waals surface area contributed by atoms with Crippen LogP contribution in [-0.4, -0.2) is 48.9 Å². The van der Waals surface area contributed by atoms with Crippen molar-refractivity contribution in [2.45, 2.75) is 44.3 Å². The van der Waals surface area contributed by atoms with E-state index in [0.717, 1.165) is 0 Å². The molecule has 0 aliphatic carbocycles. The van der Waals surface area contributed by atoms with Crippen molar-refractivity contribution in [3.63, 3.8) is 0 Å². The Labute approximate surface area is 219 Å². The fraction of sp³-hybridized carbons (Fsp3) is 0.440. The molecule has 0 bridgehead atoms. The van der Waals surface area contributed by atoms with E-state index in [4.69, 9.17) is 9.47 Å². The molecule has 1 aromatic heterocycles. The maximum Gasteiger partial charge on any atom is 0.416 e. The Balaban J connectivity index is 1.76. The summed E-state index contributed by atoms with van der Waals surface area (Å²) in [5, 5.41) is 14.0. The summed E-state index contributed by atoms with van der Waals surface area (Å²) in [5.74, 6) is 0.0399. The quantitative estimate of drug-likeness (QED) is 0.294. The number of aromatic nitrogens is 3. The van der Waals surface area contributed by atoms with Crippen LogP contribution in [0.4, 0.5) is 36.6 Å². The number of H-pyrrole nitrogens is 1. The van der Waals surface area contributed by atoms with Crippen molar-refractivity contribution < 1.29 is 40.2 Å². The van der Waals surface area contributed by atoms with Crippen LogP contribution in [0.2, 0.25) is 0 Å². The number of benzene rings is 2. The number of nitrogens with zero attached hydrogens (tertiary/aromatic N) is 3. The highest BCUT2D eigenvalue weighted by Gasteiger charge is 2.50. The van der Waals surface area contributed by atoms with Gasteiger partial charge in [0, 0.05) is 12.1 Å². The molecule has 0 radical (unpaired) electrons. The number of nitrogens with one attached hydrogen (secondary N) is 2. The van der Waals surface area contributed by atoms with Crippen LogP contribution in [0.3, 0.4) is 0 Å². The molecule has 14 heteroatoms. The maximum absolute atomic E-state index is 13.8. The van der Waals surface area contributed by atoms with Crippen molar-refractivity contribution in [1.82, 2.24) is 25.2 Å². The van der Waals surface area contributed by atoms with Crippen molar-refractivity contribution in [2.75, 3.05) is 27.2 Å². The van der Waals surface area contributed by atoms with Crippen LogP contribution in [-0.2, 0) is 28.4 Å². The molecule has 0 amide bonds. The largest absolute Gasteiger partial charge is 0.416 e. The van der Waals surface area contributed by atoms with E-state index >= 15 is 0 Å². The summed E-state index contributed by atoms with van der Waals surface area (Å²) in [4.78, 5) is 0. The summed E-state index contributed by atoms with van der Waals surface area (Å²) < 4.78 is 107. The van der Waals surface area contributed by atoms with Gasteiger partial charge in [-0.2, -0.15) is 26.3 Å². The summed E-state index contributed by atoms with van der Waals surface area (Å²) in [6.45, 7) is 2.25. The molecule has 1 saturated heterocycles. The van der Waals surface area contributed by atoms with Crippen LogP contribution in [0, 0.1) is 5.82 Å². The number of rotatable bonds is 7. The summed E-state index contributed by atoms with van der Waals surface area (Å²) in [6.07, 6.45) is -12.4. The number of quaternary nitrogens is 1. The average molecular weight is 563 g/mol. The second-order valence-corrected chi connectivity index (χ2v) is 9.49. The third-order valence-electron chi connectivity index (χ3n) is 6.78. The number of halogens is 7. The van der Waals surface area contributed by atoms with Crippen molar-refractivity contribution in [1.29, 1.82) is 0 Å². The molecule has 2 aromatic carbocycles. The van der Waals surface area contributed by atoms with Crippen LogP contribution in [0.1, 0.15) is 47.0 Å². The number of ether oxygens (including phenoxy) is 2. The molecule has 1 aliphatic rings. The van der Waals surface area contributed by atoms with E-state index < -0.39 is 47.7 Å². The van der Waals surface area contributed by atoms with Gasteiger partial charge in [-0.1, -0.05) is 10.3 Å². The normalized spacial score (nSPS) is 23.1. The molecular weight excluding hydrogens is 535 g/mol. The first-order valence-corrected chi connectivity index (χ1v) is 12.0. The van der Waals surface area contributed by atoms with E-state index in [2.05, 4.69) is 20.7 Å². The lowest BCUT2D eigenvalue weighted by atomic mass is 9.99. The van der Waals surface area contributed by atoms with E-state index in [9.17, 15) is 30.7 Å². The third-order valence-corrected chi connectivity index (χ3v) is 6.78. The Bertz CT molecular complexity index is 1250. The standard InChI is InChI=1S/C25H27F7N5O2/c1-14(16-10-17(24(27,28)29)12-18(11-16)25(30,31)32)39-23-21(15-4-6-19(26)7-5-15)37(3,8-9-38-23)22-20(13-33-2)34-36-35-22/h4-7,10-12,14,21,23,33H,8-9,13H2,1-3H3,(H,34,35,36)/q+1/t14-,21+,23-,37?/m1/s1. The Morgan fingerprint density at radius 1 is 1.08 bits per heavy atom. The average Bonchev–Trinajstić information content (AvgIpc) is 3.33. The van der Waals surface area contributed by atoms with Crippen LogP contribution >= 0.6 is 0 Å². The van der Waals surface area contributed by atoms with E-state index in [-0.39, 0.29) is 22.7 Å². The first-order chi connectivity index (χ1) is 18.2. The van der Waals surface area contributed by atoms with Crippen molar-refractivity contribution in [2.24, 2.45) is 0 Å². The predicted octanol–water partition coefficient (Wildman–Crippen LogP) is 5.51. The zero-order valence-corrected chi connectivity index (χ0v) is 21.2. The number of likely N-dealkylation sites (N-methyl/N-ethyl adjacent to an activating group) is 1. The number of alkyl halides is 6. The van der Waals surface area contributed by atoms with Gasteiger partial charge in [0.1, 0.15) is 18.1 Å². The fourth-order valence-electron chi connectivity index (χ4n) is 4.80. The second-order valence-electron chi connectivity index (χ2n) is 9.49. The Morgan fingerprint density at radius 3 is 2.26 bits per heavy atom. The lowest BCUT2D eigenvalue weighted by Gasteiger charge is -2.46. The summed E-state index contributed by atoms with van der Waals surface area (Å²) in [7, 11) is 3.57. The summed E-state index contributed by atoms with van der Waals surface area (Å²) >= 11 is 0. The molecular formula is C25H27F7N5O2+. The lowest BCUT2D eigenvalue weighted by Crippen LogP contribution is -2.60. The molecule has 0 spiro atoms. The van der Waals surface area contributed by atoms with Crippen LogP contribution < -0.4 is 9.80 Å². The second kappa shape index (κ2) is 10.8. The van der Waals surface area contributed by atoms with Crippen LogP contribution in [0.25, 0.3) is 0 Å². The van der Waals surface area contributed by atoms with Gasteiger partial charge in [-0.15, -0.1) is 0 Å². The number of morpholine rings is 1. The van der Waals surface area contributed by atoms with Gasteiger partial charge in [0.05, 0.1) is 30.9 Å². The van der Waals surface area contributed by atoms with E-state index in [1.54, 1.807) is 7.05 Å². The zero-order valence-electron chi connectivity index (χ0n) is 21.2. The van der Waals surface area contributed by atoms with E-state index in [0.29, 0.717) is 42.3 Å². The molecule has 212 valence electrons. The van der Waals surface area contributed by atoms with Gasteiger partial charge in [-0.25, -0.2) is 4.39 Å². The summed E-state index contributed by atoms with van der Waals surface area (Å²) in [6, 6.07) is 6.14. The Kier molecular flexibility index (Phi) is 8.03. The van der Waals surface area contributed by atoms with Crippen LogP contribution in [0.15, 0.2) is 42.5 Å². The van der Waals surface area contributed by atoms with Gasteiger partial charge in [0.25, 0.3) is 5.82 Å². The topological polar surface area (TPSA) is 72.1 Å². The molecule has 3 aromatic rings. The van der Waals surface area contributed by atoms with E-state index in [1.165, 1.54) is 31.2 Å². The molecule has 1 unspecified atom stereocenters. The molecule has 1 fully saturated rings. The lowest BCUT2D eigenvalue weighted by molar-refractivity contribution is -0.224. The van der Waals surface area contributed by atoms with Gasteiger partial charge in [-0.05, 0) is 62.0 Å². The van der Waals surface area contributed by atoms with Gasteiger partial charge in [0.2, 0.25) is 6.29 Å². The number of aromatic amines is 1. The molecule has 39 heavy (non-hydrogen) atoms. The van der Waals surface area contributed by atoms with Crippen molar-refractivity contribution in [3.8, 4) is 0 Å². The monoisotopic (exact) mass is 562 g/mol.